The van der Waals surface area contributed by atoms with E-state index in [2.05, 4.69) is 4.18 Å². The van der Waals surface area contributed by atoms with Crippen LogP contribution >= 0.6 is 0 Å². The Hall–Kier alpha value is -0.203. The number of hydrogen-bond donors (Lipinski definition) is 1. The molecule has 0 saturated carbocycles. The third-order valence-corrected chi connectivity index (χ3v) is 0.428. The minimum absolute atomic E-state index is 0. The van der Waals surface area contributed by atoms with Crippen LogP contribution in [0.5, 0.6) is 0 Å². The molecule has 0 fully saturated rings. The van der Waals surface area contributed by atoms with Crippen molar-refractivity contribution in [1.82, 2.24) is 0 Å². The van der Waals surface area contributed by atoms with Gasteiger partial charge < -0.3 is 0 Å². The van der Waals surface area contributed by atoms with Gasteiger partial charge in [0.05, 0.1) is 0 Å². The molecule has 41 valence electrons. The van der Waals surface area contributed by atoms with Crippen LogP contribution in [0.25, 0.3) is 0 Å². The zero-order valence-corrected chi connectivity index (χ0v) is 4.84. The van der Waals surface area contributed by atoms with Gasteiger partial charge in [0.1, 0.15) is 0 Å². The molecule has 0 heterocycles. The standard InChI is InChI=1S/CHNO4S.Li/c2-1-6-7(3,4)5;/h(H,3,4,5);. The van der Waals surface area contributed by atoms with Crippen LogP contribution in [0.4, 0.5) is 0 Å². The predicted octanol–water partition coefficient (Wildman–Crippen LogP) is -1.09. The van der Waals surface area contributed by atoms with E-state index >= 15 is 0 Å². The van der Waals surface area contributed by atoms with Crippen molar-refractivity contribution < 1.29 is 17.2 Å². The van der Waals surface area contributed by atoms with Gasteiger partial charge in [-0.05, 0) is 0 Å². The van der Waals surface area contributed by atoms with Crippen LogP contribution in [0.1, 0.15) is 0 Å². The molecule has 0 aliphatic heterocycles. The molecular formula is CHLiNO4S. The largest absolute Gasteiger partial charge is 0.456 e. The number of rotatable bonds is 1. The Balaban J connectivity index is 0. The number of hydrogen-bond acceptors (Lipinski definition) is 4. The fourth-order valence-electron chi connectivity index (χ4n) is 0.0471. The van der Waals surface area contributed by atoms with Gasteiger partial charge in [-0.15, -0.1) is 5.26 Å². The van der Waals surface area contributed by atoms with E-state index in [1.54, 1.807) is 0 Å². The molecule has 8 heavy (non-hydrogen) atoms. The zero-order chi connectivity index (χ0) is 5.91. The molecule has 0 aliphatic carbocycles. The minimum Gasteiger partial charge on any atom is -0.281 e. The molecule has 1 N–H and O–H groups in total. The summed E-state index contributed by atoms with van der Waals surface area (Å²) in [6.07, 6.45) is 0.770. The summed E-state index contributed by atoms with van der Waals surface area (Å²) in [6, 6.07) is 0. The minimum atomic E-state index is -4.54. The summed E-state index contributed by atoms with van der Waals surface area (Å²) < 4.78 is 29.3. The van der Waals surface area contributed by atoms with Crippen molar-refractivity contribution in [3.63, 3.8) is 0 Å². The third kappa shape index (κ3) is 9.25. The second-order valence-electron chi connectivity index (χ2n) is 0.602. The van der Waals surface area contributed by atoms with Crippen LogP contribution in [0, 0.1) is 11.5 Å². The van der Waals surface area contributed by atoms with Crippen molar-refractivity contribution in [2.75, 3.05) is 0 Å². The molecule has 0 bridgehead atoms. The normalized spacial score (nSPS) is 8.50. The van der Waals surface area contributed by atoms with E-state index in [1.165, 1.54) is 0 Å². The molecule has 7 heteroatoms. The first kappa shape index (κ1) is 10.7. The van der Waals surface area contributed by atoms with Crippen molar-refractivity contribution in [2.45, 2.75) is 0 Å². The molecule has 5 nitrogen and oxygen atoms in total. The van der Waals surface area contributed by atoms with Gasteiger partial charge in [0, 0.05) is 18.9 Å². The maximum atomic E-state index is 9.34. The summed E-state index contributed by atoms with van der Waals surface area (Å²) in [5, 5.41) is 7.39. The Labute approximate surface area is 58.4 Å². The quantitative estimate of drug-likeness (QED) is 0.276. The van der Waals surface area contributed by atoms with Crippen LogP contribution in [0.15, 0.2) is 0 Å². The molecule has 1 radical (unpaired) electrons. The Bertz CT molecular complexity index is 177. The molecule has 0 aliphatic rings. The molecule has 0 amide bonds. The van der Waals surface area contributed by atoms with E-state index < -0.39 is 10.4 Å². The Morgan fingerprint density at radius 3 is 2.00 bits per heavy atom. The third-order valence-electron chi connectivity index (χ3n) is 0.143. The second-order valence-corrected chi connectivity index (χ2v) is 1.62. The number of nitrogens with zero attached hydrogens (tertiary/aromatic N) is 1. The molecule has 0 saturated heterocycles. The molecule has 0 aromatic rings. The molecule has 0 aromatic carbocycles. The van der Waals surface area contributed by atoms with Gasteiger partial charge in [-0.2, -0.15) is 8.42 Å². The van der Waals surface area contributed by atoms with Gasteiger partial charge >= 0.3 is 16.7 Å². The van der Waals surface area contributed by atoms with Crippen LogP contribution < -0.4 is 0 Å². The topological polar surface area (TPSA) is 87.4 Å². The van der Waals surface area contributed by atoms with Crippen LogP contribution in [0.3, 0.4) is 0 Å². The summed E-state index contributed by atoms with van der Waals surface area (Å²) in [5.41, 5.74) is 0. The summed E-state index contributed by atoms with van der Waals surface area (Å²) in [5.74, 6) is 0. The van der Waals surface area contributed by atoms with Crippen molar-refractivity contribution in [2.24, 2.45) is 0 Å². The van der Waals surface area contributed by atoms with Crippen molar-refractivity contribution in [3.8, 4) is 6.26 Å². The maximum Gasteiger partial charge on any atom is 0.456 e. The van der Waals surface area contributed by atoms with Crippen LogP contribution in [-0.4, -0.2) is 31.8 Å². The average molecular weight is 130 g/mol. The Morgan fingerprint density at radius 1 is 1.62 bits per heavy atom. The fraction of sp³-hybridized carbons (Fsp3) is 0. The summed E-state index contributed by atoms with van der Waals surface area (Å²) in [4.78, 5) is 0. The summed E-state index contributed by atoms with van der Waals surface area (Å²) >= 11 is 0. The van der Waals surface area contributed by atoms with E-state index in [-0.39, 0.29) is 18.9 Å². The first-order chi connectivity index (χ1) is 3.06. The maximum absolute atomic E-state index is 9.34. The van der Waals surface area contributed by atoms with Gasteiger partial charge in [0.2, 0.25) is 0 Å². The Kier molecular flexibility index (Phi) is 5.03. The molecule has 0 aromatic heterocycles. The molecule has 0 rings (SSSR count). The van der Waals surface area contributed by atoms with E-state index in [1.807, 2.05) is 0 Å². The van der Waals surface area contributed by atoms with E-state index in [0.29, 0.717) is 0 Å². The summed E-state index contributed by atoms with van der Waals surface area (Å²) in [7, 11) is -4.54. The fourth-order valence-corrected chi connectivity index (χ4v) is 0.141. The van der Waals surface area contributed by atoms with Gasteiger partial charge in [-0.25, -0.2) is 0 Å². The van der Waals surface area contributed by atoms with E-state index in [0.717, 1.165) is 6.26 Å². The van der Waals surface area contributed by atoms with Gasteiger partial charge in [-0.3, -0.25) is 8.74 Å². The number of nitriles is 1. The second kappa shape index (κ2) is 3.76. The van der Waals surface area contributed by atoms with E-state index in [4.69, 9.17) is 9.81 Å². The SMILES string of the molecule is N#COS(=O)(=O)O.[Li]. The monoisotopic (exact) mass is 130 g/mol. The molecule has 0 unspecified atom stereocenters. The zero-order valence-electron chi connectivity index (χ0n) is 4.03. The average Bonchev–Trinajstić information content (AvgIpc) is 1.30. The first-order valence-corrected chi connectivity index (χ1v) is 2.48. The smallest absolute Gasteiger partial charge is 0.281 e. The molecule has 0 atom stereocenters. The van der Waals surface area contributed by atoms with E-state index in [9.17, 15) is 8.42 Å². The van der Waals surface area contributed by atoms with Gasteiger partial charge in [0.15, 0.2) is 0 Å². The van der Waals surface area contributed by atoms with Gasteiger partial charge in [0.25, 0.3) is 0 Å². The van der Waals surface area contributed by atoms with Crippen molar-refractivity contribution in [3.05, 3.63) is 0 Å². The summed E-state index contributed by atoms with van der Waals surface area (Å²) in [6.45, 7) is 0. The Morgan fingerprint density at radius 2 is 2.00 bits per heavy atom. The van der Waals surface area contributed by atoms with Gasteiger partial charge in [-0.1, -0.05) is 0 Å². The van der Waals surface area contributed by atoms with Crippen molar-refractivity contribution >= 4 is 29.3 Å². The molecular weight excluding hydrogens is 129 g/mol. The van der Waals surface area contributed by atoms with Crippen LogP contribution in [-0.2, 0) is 14.6 Å². The molecule has 0 spiro atoms. The first-order valence-electron chi connectivity index (χ1n) is 1.11. The van der Waals surface area contributed by atoms with Crippen LogP contribution in [0.2, 0.25) is 0 Å². The van der Waals surface area contributed by atoms with Crippen molar-refractivity contribution in [1.29, 1.82) is 5.26 Å². The predicted molar refractivity (Wildman–Crippen MR) is 24.0 cm³/mol.